The fourth-order valence-corrected chi connectivity index (χ4v) is 2.13. The molecule has 0 heterocycles. The molecule has 2 N–H and O–H groups in total. The summed E-state index contributed by atoms with van der Waals surface area (Å²) in [6, 6.07) is 8.76. The highest BCUT2D eigenvalue weighted by molar-refractivity contribution is 7.80. The van der Waals surface area contributed by atoms with Crippen molar-refractivity contribution in [3.05, 3.63) is 29.8 Å². The van der Waals surface area contributed by atoms with Crippen molar-refractivity contribution in [1.82, 2.24) is 0 Å². The molecular weight excluding hydrogens is 204 g/mol. The first-order valence-electron chi connectivity index (χ1n) is 5.32. The summed E-state index contributed by atoms with van der Waals surface area (Å²) < 4.78 is 0. The number of nitrogens with two attached hydrogens (primary N) is 1. The lowest BCUT2D eigenvalue weighted by Gasteiger charge is -2.37. The summed E-state index contributed by atoms with van der Waals surface area (Å²) in [5.74, 6) is 0. The highest BCUT2D eigenvalue weighted by atomic mass is 32.1. The maximum absolute atomic E-state index is 5.72. The molecule has 2 nitrogen and oxygen atoms in total. The topological polar surface area (TPSA) is 29.3 Å². The Labute approximate surface area is 96.1 Å². The van der Waals surface area contributed by atoms with Gasteiger partial charge in [0.2, 0.25) is 0 Å². The van der Waals surface area contributed by atoms with Crippen LogP contribution >= 0.6 is 12.2 Å². The van der Waals surface area contributed by atoms with E-state index in [9.17, 15) is 0 Å². The van der Waals surface area contributed by atoms with E-state index in [2.05, 4.69) is 18.0 Å². The Morgan fingerprint density at radius 2 is 2.07 bits per heavy atom. The van der Waals surface area contributed by atoms with Crippen LogP contribution in [0, 0.1) is 0 Å². The van der Waals surface area contributed by atoms with Crippen LogP contribution < -0.4 is 10.6 Å². The van der Waals surface area contributed by atoms with Gasteiger partial charge in [-0.25, -0.2) is 0 Å². The van der Waals surface area contributed by atoms with Crippen molar-refractivity contribution in [2.24, 2.45) is 5.73 Å². The van der Waals surface area contributed by atoms with Crippen LogP contribution in [0.25, 0.3) is 0 Å². The first kappa shape index (κ1) is 10.4. The molecule has 2 rings (SSSR count). The Morgan fingerprint density at radius 3 is 2.60 bits per heavy atom. The molecule has 0 amide bonds. The number of rotatable bonds is 3. The lowest BCUT2D eigenvalue weighted by Crippen LogP contribution is -2.38. The van der Waals surface area contributed by atoms with Crippen LogP contribution in [0.1, 0.15) is 24.8 Å². The molecule has 1 aliphatic rings. The van der Waals surface area contributed by atoms with Crippen molar-refractivity contribution in [2.45, 2.75) is 25.3 Å². The lowest BCUT2D eigenvalue weighted by molar-refractivity contribution is 0.401. The maximum atomic E-state index is 5.72. The molecule has 0 atom stereocenters. The summed E-state index contributed by atoms with van der Waals surface area (Å²) in [6.07, 6.45) is 3.90. The van der Waals surface area contributed by atoms with Crippen molar-refractivity contribution in [2.75, 3.05) is 11.9 Å². The summed E-state index contributed by atoms with van der Waals surface area (Å²) in [4.78, 5) is 2.79. The molecule has 0 bridgehead atoms. The average molecular weight is 220 g/mol. The second-order valence-electron chi connectivity index (χ2n) is 4.08. The van der Waals surface area contributed by atoms with E-state index in [1.54, 1.807) is 0 Å². The quantitative estimate of drug-likeness (QED) is 0.793. The van der Waals surface area contributed by atoms with Gasteiger partial charge < -0.3 is 10.6 Å². The molecule has 0 aliphatic heterocycles. The third-order valence-electron chi connectivity index (χ3n) is 3.17. The highest BCUT2D eigenvalue weighted by Crippen LogP contribution is 2.30. The third kappa shape index (κ3) is 1.97. The van der Waals surface area contributed by atoms with Gasteiger partial charge in [0.25, 0.3) is 0 Å². The van der Waals surface area contributed by atoms with E-state index in [0.717, 1.165) is 11.3 Å². The van der Waals surface area contributed by atoms with Crippen LogP contribution in [-0.4, -0.2) is 18.1 Å². The van der Waals surface area contributed by atoms with Crippen molar-refractivity contribution < 1.29 is 0 Å². The van der Waals surface area contributed by atoms with Crippen LogP contribution in [-0.2, 0) is 0 Å². The maximum Gasteiger partial charge on any atom is 0.106 e. The molecule has 1 aromatic rings. The molecule has 1 aromatic carbocycles. The molecule has 0 aromatic heterocycles. The summed E-state index contributed by atoms with van der Waals surface area (Å²) in [7, 11) is 2.13. The van der Waals surface area contributed by atoms with Crippen LogP contribution in [0.5, 0.6) is 0 Å². The third-order valence-corrected chi connectivity index (χ3v) is 3.39. The second-order valence-corrected chi connectivity index (χ2v) is 4.52. The van der Waals surface area contributed by atoms with E-state index in [0.29, 0.717) is 11.0 Å². The van der Waals surface area contributed by atoms with E-state index in [-0.39, 0.29) is 0 Å². The molecule has 80 valence electrons. The van der Waals surface area contributed by atoms with Gasteiger partial charge in [-0.15, -0.1) is 0 Å². The van der Waals surface area contributed by atoms with Gasteiger partial charge in [-0.3, -0.25) is 0 Å². The van der Waals surface area contributed by atoms with Crippen molar-refractivity contribution in [3.63, 3.8) is 0 Å². The molecule has 15 heavy (non-hydrogen) atoms. The minimum absolute atomic E-state index is 0.483. The zero-order chi connectivity index (χ0) is 10.8. The van der Waals surface area contributed by atoms with Crippen LogP contribution in [0.15, 0.2) is 24.3 Å². The van der Waals surface area contributed by atoms with E-state index >= 15 is 0 Å². The highest BCUT2D eigenvalue weighted by Gasteiger charge is 2.23. The summed E-state index contributed by atoms with van der Waals surface area (Å²) in [5.41, 5.74) is 7.87. The van der Waals surface area contributed by atoms with E-state index < -0.39 is 0 Å². The van der Waals surface area contributed by atoms with Crippen LogP contribution in [0.3, 0.4) is 0 Å². The Hall–Kier alpha value is -1.09. The number of benzene rings is 1. The predicted octanol–water partition coefficient (Wildman–Crippen LogP) is 2.31. The second kappa shape index (κ2) is 4.19. The van der Waals surface area contributed by atoms with Gasteiger partial charge in [-0.1, -0.05) is 24.4 Å². The van der Waals surface area contributed by atoms with Crippen molar-refractivity contribution in [3.8, 4) is 0 Å². The Kier molecular flexibility index (Phi) is 2.91. The fraction of sp³-hybridized carbons (Fsp3) is 0.417. The summed E-state index contributed by atoms with van der Waals surface area (Å²) in [6.45, 7) is 0. The van der Waals surface area contributed by atoms with Gasteiger partial charge in [0.1, 0.15) is 4.99 Å². The number of hydrogen-bond acceptors (Lipinski definition) is 2. The Morgan fingerprint density at radius 1 is 1.40 bits per heavy atom. The van der Waals surface area contributed by atoms with Crippen LogP contribution in [0.4, 0.5) is 5.69 Å². The van der Waals surface area contributed by atoms with E-state index in [1.807, 2.05) is 18.2 Å². The van der Waals surface area contributed by atoms with Gasteiger partial charge in [0.05, 0.1) is 0 Å². The van der Waals surface area contributed by atoms with Gasteiger partial charge in [0.15, 0.2) is 0 Å². The summed E-state index contributed by atoms with van der Waals surface area (Å²) in [5, 5.41) is 0. The lowest BCUT2D eigenvalue weighted by atomic mass is 9.91. The van der Waals surface area contributed by atoms with Crippen molar-refractivity contribution in [1.29, 1.82) is 0 Å². The van der Waals surface area contributed by atoms with E-state index in [4.69, 9.17) is 18.0 Å². The number of thiocarbonyl (C=S) groups is 1. The molecule has 3 heteroatoms. The normalized spacial score (nSPS) is 15.8. The monoisotopic (exact) mass is 220 g/mol. The largest absolute Gasteiger partial charge is 0.389 e. The first-order chi connectivity index (χ1) is 7.20. The Bertz CT molecular complexity index is 372. The number of nitrogens with zero attached hydrogens (tertiary/aromatic N) is 1. The molecule has 1 aliphatic carbocycles. The molecular formula is C12H16N2S. The van der Waals surface area contributed by atoms with Gasteiger partial charge >= 0.3 is 0 Å². The summed E-state index contributed by atoms with van der Waals surface area (Å²) >= 11 is 5.06. The zero-order valence-electron chi connectivity index (χ0n) is 8.94. The smallest absolute Gasteiger partial charge is 0.106 e. The zero-order valence-corrected chi connectivity index (χ0v) is 9.76. The SMILES string of the molecule is CN(c1ccccc1C(N)=S)C1CCC1. The minimum Gasteiger partial charge on any atom is -0.389 e. The molecule has 0 saturated heterocycles. The number of hydrogen-bond donors (Lipinski definition) is 1. The molecule has 1 fully saturated rings. The van der Waals surface area contributed by atoms with E-state index in [1.165, 1.54) is 19.3 Å². The van der Waals surface area contributed by atoms with Crippen molar-refractivity contribution >= 4 is 22.9 Å². The molecule has 0 spiro atoms. The molecule has 1 saturated carbocycles. The minimum atomic E-state index is 0.483. The van der Waals surface area contributed by atoms with Crippen LogP contribution in [0.2, 0.25) is 0 Å². The average Bonchev–Trinajstić information content (AvgIpc) is 2.15. The fourth-order valence-electron chi connectivity index (χ4n) is 1.96. The Balaban J connectivity index is 2.29. The first-order valence-corrected chi connectivity index (χ1v) is 5.72. The number of anilines is 1. The molecule has 0 radical (unpaired) electrons. The molecule has 0 unspecified atom stereocenters. The van der Waals surface area contributed by atoms with Gasteiger partial charge in [-0.2, -0.15) is 0 Å². The predicted molar refractivity (Wildman–Crippen MR) is 68.4 cm³/mol. The standard InChI is InChI=1S/C12H16N2S/c1-14(9-5-4-6-9)11-8-3-2-7-10(11)12(13)15/h2-3,7-9H,4-6H2,1H3,(H2,13,15). The van der Waals surface area contributed by atoms with Gasteiger partial charge in [0, 0.05) is 24.3 Å². The van der Waals surface area contributed by atoms with Gasteiger partial charge in [-0.05, 0) is 31.4 Å². The number of para-hydroxylation sites is 1.